The normalized spacial score (nSPS) is 20.3. The van der Waals surface area contributed by atoms with Crippen LogP contribution >= 0.6 is 11.3 Å². The van der Waals surface area contributed by atoms with E-state index in [1.54, 1.807) is 11.3 Å². The summed E-state index contributed by atoms with van der Waals surface area (Å²) in [5, 5.41) is 15.4. The number of rotatable bonds is 6. The van der Waals surface area contributed by atoms with Crippen molar-refractivity contribution in [2.75, 3.05) is 6.61 Å². The van der Waals surface area contributed by atoms with E-state index in [2.05, 4.69) is 15.3 Å². The third-order valence-corrected chi connectivity index (χ3v) is 5.59. The van der Waals surface area contributed by atoms with Gasteiger partial charge in [0, 0.05) is 4.88 Å². The van der Waals surface area contributed by atoms with Crippen LogP contribution in [0.1, 0.15) is 23.8 Å². The molecule has 7 heteroatoms. The van der Waals surface area contributed by atoms with E-state index in [1.165, 1.54) is 6.33 Å². The number of hydrogen-bond donors (Lipinski definition) is 2. The monoisotopic (exact) mass is 369 g/mol. The summed E-state index contributed by atoms with van der Waals surface area (Å²) in [4.78, 5) is 21.9. The number of amides is 1. The summed E-state index contributed by atoms with van der Waals surface area (Å²) in [6.45, 7) is -0.113. The lowest BCUT2D eigenvalue weighted by Gasteiger charge is -2.37. The molecule has 1 aliphatic carbocycles. The molecule has 134 valence electrons. The summed E-state index contributed by atoms with van der Waals surface area (Å²) in [5.74, 6) is 0.456. The lowest BCUT2D eigenvalue weighted by atomic mass is 9.77. The van der Waals surface area contributed by atoms with Crippen LogP contribution in [0.15, 0.2) is 48.1 Å². The Balaban J connectivity index is 1.42. The molecular formula is C19H19N3O3S. The molecule has 0 aliphatic heterocycles. The number of aliphatic hydroxyl groups is 1. The van der Waals surface area contributed by atoms with E-state index in [0.717, 1.165) is 15.8 Å². The highest BCUT2D eigenvalue weighted by Crippen LogP contribution is 2.39. The fourth-order valence-corrected chi connectivity index (χ4v) is 4.11. The maximum Gasteiger partial charge on any atom is 0.258 e. The molecule has 0 spiro atoms. The number of hydrogen-bond acceptors (Lipinski definition) is 6. The van der Waals surface area contributed by atoms with E-state index in [9.17, 15) is 9.90 Å². The standard InChI is InChI=1S/C19H19N3O3S/c23-13-8-12(9-13)18(16-6-3-7-26-16)22-17(24)10-25-19-14-4-1-2-5-15(14)20-11-21-19/h1-7,11-13,18,23H,8-10H2,(H,22,24). The lowest BCUT2D eigenvalue weighted by molar-refractivity contribution is -0.125. The first-order valence-corrected chi connectivity index (χ1v) is 9.42. The Hall–Kier alpha value is -2.51. The van der Waals surface area contributed by atoms with E-state index in [1.807, 2.05) is 41.8 Å². The Labute approximate surface area is 154 Å². The van der Waals surface area contributed by atoms with Crippen LogP contribution in [0, 0.1) is 5.92 Å². The highest BCUT2D eigenvalue weighted by Gasteiger charge is 2.36. The highest BCUT2D eigenvalue weighted by molar-refractivity contribution is 7.10. The summed E-state index contributed by atoms with van der Waals surface area (Å²) < 4.78 is 5.64. The van der Waals surface area contributed by atoms with Crippen molar-refractivity contribution in [3.8, 4) is 5.88 Å². The number of fused-ring (bicyclic) bond motifs is 1. The Bertz CT molecular complexity index is 889. The molecule has 4 rings (SSSR count). The number of ether oxygens (including phenoxy) is 1. The maximum atomic E-state index is 12.4. The van der Waals surface area contributed by atoms with Gasteiger partial charge in [-0.15, -0.1) is 11.3 Å². The largest absolute Gasteiger partial charge is 0.467 e. The molecule has 1 fully saturated rings. The van der Waals surface area contributed by atoms with Crippen molar-refractivity contribution in [2.45, 2.75) is 25.0 Å². The molecule has 0 radical (unpaired) electrons. The van der Waals surface area contributed by atoms with Crippen LogP contribution in [0.4, 0.5) is 0 Å². The van der Waals surface area contributed by atoms with E-state index < -0.39 is 0 Å². The number of thiophene rings is 1. The van der Waals surface area contributed by atoms with Crippen LogP contribution in [-0.2, 0) is 4.79 Å². The van der Waals surface area contributed by atoms with Gasteiger partial charge < -0.3 is 15.2 Å². The van der Waals surface area contributed by atoms with E-state index >= 15 is 0 Å². The molecule has 1 amide bonds. The molecule has 26 heavy (non-hydrogen) atoms. The Kier molecular flexibility index (Phi) is 4.81. The summed E-state index contributed by atoms with van der Waals surface area (Å²) in [6.07, 6.45) is 2.59. The zero-order valence-corrected chi connectivity index (χ0v) is 14.9. The smallest absolute Gasteiger partial charge is 0.258 e. The first-order valence-electron chi connectivity index (χ1n) is 8.54. The number of carbonyl (C=O) groups excluding carboxylic acids is 1. The van der Waals surface area contributed by atoms with Gasteiger partial charge in [-0.05, 0) is 42.3 Å². The van der Waals surface area contributed by atoms with Gasteiger partial charge in [-0.25, -0.2) is 9.97 Å². The number of nitrogens with zero attached hydrogens (tertiary/aromatic N) is 2. The second kappa shape index (κ2) is 7.39. The summed E-state index contributed by atoms with van der Waals surface area (Å²) in [6, 6.07) is 11.4. The molecule has 3 aromatic rings. The minimum absolute atomic E-state index is 0.0864. The van der Waals surface area contributed by atoms with Gasteiger partial charge in [-0.1, -0.05) is 18.2 Å². The van der Waals surface area contributed by atoms with Crippen LogP contribution in [-0.4, -0.2) is 33.7 Å². The zero-order valence-electron chi connectivity index (χ0n) is 14.0. The SMILES string of the molecule is O=C(COc1ncnc2ccccc12)NC(c1cccs1)C1CC(O)C1. The average Bonchev–Trinajstić information content (AvgIpc) is 3.16. The van der Waals surface area contributed by atoms with E-state index in [0.29, 0.717) is 18.7 Å². The summed E-state index contributed by atoms with van der Waals surface area (Å²) in [7, 11) is 0. The second-order valence-electron chi connectivity index (χ2n) is 6.43. The molecule has 1 aromatic carbocycles. The summed E-state index contributed by atoms with van der Waals surface area (Å²) in [5.41, 5.74) is 0.776. The van der Waals surface area contributed by atoms with Crippen molar-refractivity contribution in [2.24, 2.45) is 5.92 Å². The van der Waals surface area contributed by atoms with Gasteiger partial charge in [0.1, 0.15) is 6.33 Å². The molecule has 1 atom stereocenters. The average molecular weight is 369 g/mol. The summed E-state index contributed by atoms with van der Waals surface area (Å²) >= 11 is 1.61. The van der Waals surface area contributed by atoms with E-state index in [4.69, 9.17) is 4.74 Å². The van der Waals surface area contributed by atoms with Crippen molar-refractivity contribution < 1.29 is 14.6 Å². The predicted octanol–water partition coefficient (Wildman–Crippen LogP) is 2.70. The van der Waals surface area contributed by atoms with Gasteiger partial charge in [-0.2, -0.15) is 0 Å². The van der Waals surface area contributed by atoms with Gasteiger partial charge >= 0.3 is 0 Å². The van der Waals surface area contributed by atoms with Crippen molar-refractivity contribution in [1.29, 1.82) is 0 Å². The second-order valence-corrected chi connectivity index (χ2v) is 7.41. The third-order valence-electron chi connectivity index (χ3n) is 4.63. The molecule has 1 aliphatic rings. The minimum atomic E-state index is -0.261. The first kappa shape index (κ1) is 16.9. The lowest BCUT2D eigenvalue weighted by Crippen LogP contribution is -2.42. The third kappa shape index (κ3) is 3.54. The Morgan fingerprint density at radius 2 is 2.12 bits per heavy atom. The van der Waals surface area contributed by atoms with Gasteiger partial charge in [0.05, 0.1) is 23.0 Å². The number of nitrogens with one attached hydrogen (secondary N) is 1. The van der Waals surface area contributed by atoms with E-state index in [-0.39, 0.29) is 30.6 Å². The fourth-order valence-electron chi connectivity index (χ4n) is 3.24. The Morgan fingerprint density at radius 3 is 2.88 bits per heavy atom. The van der Waals surface area contributed by atoms with Crippen LogP contribution in [0.2, 0.25) is 0 Å². The van der Waals surface area contributed by atoms with Gasteiger partial charge in [0.15, 0.2) is 6.61 Å². The van der Waals surface area contributed by atoms with Crippen LogP contribution in [0.5, 0.6) is 5.88 Å². The number of aromatic nitrogens is 2. The van der Waals surface area contributed by atoms with Gasteiger partial charge in [-0.3, -0.25) is 4.79 Å². The predicted molar refractivity (Wildman–Crippen MR) is 99.0 cm³/mol. The molecule has 2 N–H and O–H groups in total. The first-order chi connectivity index (χ1) is 12.7. The van der Waals surface area contributed by atoms with Gasteiger partial charge in [0.25, 0.3) is 5.91 Å². The number of para-hydroxylation sites is 1. The Morgan fingerprint density at radius 1 is 1.27 bits per heavy atom. The molecule has 0 saturated heterocycles. The number of benzene rings is 1. The number of carbonyl (C=O) groups is 1. The molecule has 6 nitrogen and oxygen atoms in total. The molecular weight excluding hydrogens is 350 g/mol. The minimum Gasteiger partial charge on any atom is -0.467 e. The topological polar surface area (TPSA) is 84.3 Å². The highest BCUT2D eigenvalue weighted by atomic mass is 32.1. The van der Waals surface area contributed by atoms with Crippen LogP contribution < -0.4 is 10.1 Å². The van der Waals surface area contributed by atoms with Crippen molar-refractivity contribution in [1.82, 2.24) is 15.3 Å². The fraction of sp³-hybridized carbons (Fsp3) is 0.316. The quantitative estimate of drug-likeness (QED) is 0.698. The maximum absolute atomic E-state index is 12.4. The number of aliphatic hydroxyl groups excluding tert-OH is 1. The van der Waals surface area contributed by atoms with Crippen LogP contribution in [0.3, 0.4) is 0 Å². The zero-order chi connectivity index (χ0) is 17.9. The van der Waals surface area contributed by atoms with Crippen molar-refractivity contribution in [3.63, 3.8) is 0 Å². The molecule has 1 unspecified atom stereocenters. The van der Waals surface area contributed by atoms with Crippen molar-refractivity contribution in [3.05, 3.63) is 53.0 Å². The van der Waals surface area contributed by atoms with Crippen LogP contribution in [0.25, 0.3) is 10.9 Å². The molecule has 2 heterocycles. The van der Waals surface area contributed by atoms with Gasteiger partial charge in [0.2, 0.25) is 5.88 Å². The molecule has 0 bridgehead atoms. The van der Waals surface area contributed by atoms with Crippen molar-refractivity contribution >= 4 is 28.1 Å². The molecule has 1 saturated carbocycles. The molecule has 2 aromatic heterocycles.